The molecule has 2 amide bonds. The topological polar surface area (TPSA) is 71.1 Å². The summed E-state index contributed by atoms with van der Waals surface area (Å²) < 4.78 is 10.6. The molecular formula is C24H31N3O4. The van der Waals surface area contributed by atoms with E-state index in [-0.39, 0.29) is 11.8 Å². The quantitative estimate of drug-likeness (QED) is 0.667. The average molecular weight is 426 g/mol. The molecule has 7 heteroatoms. The van der Waals surface area contributed by atoms with Crippen LogP contribution in [0.3, 0.4) is 0 Å². The van der Waals surface area contributed by atoms with E-state index in [9.17, 15) is 9.59 Å². The number of hydrogen-bond acceptors (Lipinski definition) is 5. The Labute approximate surface area is 183 Å². The lowest BCUT2D eigenvalue weighted by Crippen LogP contribution is -2.50. The molecule has 0 aromatic heterocycles. The Bertz CT molecular complexity index is 844. The number of methoxy groups -OCH3 is 1. The van der Waals surface area contributed by atoms with Gasteiger partial charge in [-0.05, 0) is 48.9 Å². The first-order chi connectivity index (χ1) is 15.1. The van der Waals surface area contributed by atoms with Crippen LogP contribution in [0.4, 0.5) is 0 Å². The number of carbonyl (C=O) groups excluding carboxylic acids is 2. The number of nitrogens with one attached hydrogen (secondary N) is 1. The first kappa shape index (κ1) is 22.6. The molecule has 1 aliphatic heterocycles. The van der Waals surface area contributed by atoms with Crippen molar-refractivity contribution in [1.82, 2.24) is 15.1 Å². The summed E-state index contributed by atoms with van der Waals surface area (Å²) in [6.07, 6.45) is 0.407. The number of nitrogens with zero attached hydrogens (tertiary/aromatic N) is 2. The number of hydrogen-bond donors (Lipinski definition) is 1. The molecule has 0 unspecified atom stereocenters. The Kier molecular flexibility index (Phi) is 8.29. The Balaban J connectivity index is 1.36. The largest absolute Gasteiger partial charge is 0.497 e. The van der Waals surface area contributed by atoms with Gasteiger partial charge in [-0.25, -0.2) is 0 Å². The molecule has 0 atom stereocenters. The van der Waals surface area contributed by atoms with Gasteiger partial charge in [0.05, 0.1) is 20.1 Å². The highest BCUT2D eigenvalue weighted by Crippen LogP contribution is 2.14. The number of piperazine rings is 1. The van der Waals surface area contributed by atoms with Crippen LogP contribution in [0.15, 0.2) is 48.5 Å². The molecule has 0 spiro atoms. The highest BCUT2D eigenvalue weighted by atomic mass is 16.5. The van der Waals surface area contributed by atoms with Gasteiger partial charge in [-0.1, -0.05) is 12.1 Å². The van der Waals surface area contributed by atoms with Crippen LogP contribution in [-0.4, -0.2) is 74.6 Å². The summed E-state index contributed by atoms with van der Waals surface area (Å²) in [5.41, 5.74) is 1.61. The third-order valence-electron chi connectivity index (χ3n) is 5.38. The zero-order valence-corrected chi connectivity index (χ0v) is 18.3. The van der Waals surface area contributed by atoms with Crippen LogP contribution < -0.4 is 14.8 Å². The second-order valence-electron chi connectivity index (χ2n) is 7.46. The number of amides is 2. The molecule has 166 valence electrons. The monoisotopic (exact) mass is 425 g/mol. The van der Waals surface area contributed by atoms with Gasteiger partial charge in [-0.15, -0.1) is 0 Å². The fraction of sp³-hybridized carbons (Fsp3) is 0.417. The lowest BCUT2D eigenvalue weighted by molar-refractivity contribution is -0.132. The van der Waals surface area contributed by atoms with Gasteiger partial charge in [0.1, 0.15) is 11.5 Å². The van der Waals surface area contributed by atoms with Gasteiger partial charge in [0.2, 0.25) is 5.91 Å². The minimum absolute atomic E-state index is 0.0909. The molecule has 0 radical (unpaired) electrons. The first-order valence-electron chi connectivity index (χ1n) is 10.7. The summed E-state index contributed by atoms with van der Waals surface area (Å²) in [6, 6.07) is 14.8. The first-order valence-corrected chi connectivity index (χ1v) is 10.7. The van der Waals surface area contributed by atoms with Crippen LogP contribution in [0.5, 0.6) is 11.5 Å². The maximum Gasteiger partial charge on any atom is 0.251 e. The summed E-state index contributed by atoms with van der Waals surface area (Å²) in [5.74, 6) is 1.61. The van der Waals surface area contributed by atoms with Crippen molar-refractivity contribution in [2.24, 2.45) is 0 Å². The van der Waals surface area contributed by atoms with Crippen LogP contribution in [0, 0.1) is 0 Å². The molecule has 0 saturated carbocycles. The van der Waals surface area contributed by atoms with E-state index in [1.165, 1.54) is 0 Å². The van der Waals surface area contributed by atoms with Gasteiger partial charge >= 0.3 is 0 Å². The van der Waals surface area contributed by atoms with Gasteiger partial charge in [0.15, 0.2) is 0 Å². The van der Waals surface area contributed by atoms with Crippen molar-refractivity contribution < 1.29 is 19.1 Å². The predicted molar refractivity (Wildman–Crippen MR) is 120 cm³/mol. The minimum atomic E-state index is -0.0909. The molecule has 0 aliphatic carbocycles. The Morgan fingerprint density at radius 2 is 1.58 bits per heavy atom. The summed E-state index contributed by atoms with van der Waals surface area (Å²) in [7, 11) is 1.60. The lowest BCUT2D eigenvalue weighted by atomic mass is 10.1. The predicted octanol–water partition coefficient (Wildman–Crippen LogP) is 2.21. The van der Waals surface area contributed by atoms with Crippen molar-refractivity contribution in [3.8, 4) is 11.5 Å². The van der Waals surface area contributed by atoms with E-state index in [0.717, 1.165) is 36.7 Å². The zero-order chi connectivity index (χ0) is 22.1. The molecular weight excluding hydrogens is 394 g/mol. The summed E-state index contributed by atoms with van der Waals surface area (Å²) in [6.45, 7) is 6.97. The Morgan fingerprint density at radius 1 is 0.935 bits per heavy atom. The minimum Gasteiger partial charge on any atom is -0.497 e. The van der Waals surface area contributed by atoms with Crippen molar-refractivity contribution in [3.05, 3.63) is 59.7 Å². The van der Waals surface area contributed by atoms with E-state index in [4.69, 9.17) is 9.47 Å². The number of carbonyl (C=O) groups is 2. The van der Waals surface area contributed by atoms with Gasteiger partial charge < -0.3 is 19.7 Å². The van der Waals surface area contributed by atoms with E-state index in [1.54, 1.807) is 31.4 Å². The molecule has 1 aliphatic rings. The van der Waals surface area contributed by atoms with Gasteiger partial charge in [0, 0.05) is 44.8 Å². The molecule has 0 bridgehead atoms. The third kappa shape index (κ3) is 6.72. The number of ether oxygens (including phenoxy) is 2. The maximum atomic E-state index is 12.6. The Morgan fingerprint density at radius 3 is 2.19 bits per heavy atom. The third-order valence-corrected chi connectivity index (χ3v) is 5.38. The second kappa shape index (κ2) is 11.4. The molecule has 1 N–H and O–H groups in total. The summed E-state index contributed by atoms with van der Waals surface area (Å²) in [5, 5.41) is 2.95. The number of benzene rings is 2. The second-order valence-corrected chi connectivity index (χ2v) is 7.46. The van der Waals surface area contributed by atoms with Crippen LogP contribution in [0.1, 0.15) is 22.8 Å². The summed E-state index contributed by atoms with van der Waals surface area (Å²) in [4.78, 5) is 29.0. The van der Waals surface area contributed by atoms with Gasteiger partial charge in [0.25, 0.3) is 5.91 Å². The molecule has 31 heavy (non-hydrogen) atoms. The van der Waals surface area contributed by atoms with Crippen LogP contribution in [0.25, 0.3) is 0 Å². The maximum absolute atomic E-state index is 12.6. The fourth-order valence-electron chi connectivity index (χ4n) is 3.55. The normalized spacial score (nSPS) is 14.2. The van der Waals surface area contributed by atoms with Crippen molar-refractivity contribution in [2.75, 3.05) is 53.0 Å². The molecule has 2 aromatic rings. The molecule has 1 saturated heterocycles. The van der Waals surface area contributed by atoms with E-state index >= 15 is 0 Å². The van der Waals surface area contributed by atoms with Crippen molar-refractivity contribution in [1.29, 1.82) is 0 Å². The molecule has 1 heterocycles. The number of rotatable bonds is 9. The smallest absolute Gasteiger partial charge is 0.251 e. The van der Waals surface area contributed by atoms with Crippen LogP contribution in [0.2, 0.25) is 0 Å². The van der Waals surface area contributed by atoms with Gasteiger partial charge in [-0.3, -0.25) is 14.5 Å². The lowest BCUT2D eigenvalue weighted by Gasteiger charge is -2.34. The fourth-order valence-corrected chi connectivity index (χ4v) is 3.55. The zero-order valence-electron chi connectivity index (χ0n) is 18.3. The molecule has 7 nitrogen and oxygen atoms in total. The highest BCUT2D eigenvalue weighted by Gasteiger charge is 2.21. The highest BCUT2D eigenvalue weighted by molar-refractivity contribution is 5.94. The summed E-state index contributed by atoms with van der Waals surface area (Å²) >= 11 is 0. The van der Waals surface area contributed by atoms with E-state index in [2.05, 4.69) is 10.2 Å². The van der Waals surface area contributed by atoms with Crippen LogP contribution in [-0.2, 0) is 11.2 Å². The average Bonchev–Trinajstić information content (AvgIpc) is 2.81. The van der Waals surface area contributed by atoms with Crippen molar-refractivity contribution >= 4 is 11.8 Å². The molecule has 3 rings (SSSR count). The van der Waals surface area contributed by atoms with Gasteiger partial charge in [-0.2, -0.15) is 0 Å². The van der Waals surface area contributed by atoms with E-state index < -0.39 is 0 Å². The Hall–Kier alpha value is -3.06. The SMILES string of the molecule is CCOc1ccc(CC(=O)N2CCN(CCNC(=O)c3ccc(OC)cc3)CC2)cc1. The molecule has 2 aromatic carbocycles. The molecule has 1 fully saturated rings. The standard InChI is InChI=1S/C24H31N3O4/c1-3-31-22-8-4-19(5-9-22)18-23(28)27-16-14-26(15-17-27)13-12-25-24(29)20-6-10-21(30-2)11-7-20/h4-11H,3,12-18H2,1-2H3,(H,25,29). The van der Waals surface area contributed by atoms with Crippen molar-refractivity contribution in [2.45, 2.75) is 13.3 Å². The van der Waals surface area contributed by atoms with Crippen molar-refractivity contribution in [3.63, 3.8) is 0 Å². The van der Waals surface area contributed by atoms with E-state index in [1.807, 2.05) is 36.1 Å². The van der Waals surface area contributed by atoms with Crippen LogP contribution >= 0.6 is 0 Å². The van der Waals surface area contributed by atoms with E-state index in [0.29, 0.717) is 38.2 Å².